The van der Waals surface area contributed by atoms with E-state index in [0.29, 0.717) is 0 Å². The van der Waals surface area contributed by atoms with Crippen LogP contribution in [-0.2, 0) is 8.85 Å². The summed E-state index contributed by atoms with van der Waals surface area (Å²) in [5.41, 5.74) is 0. The Morgan fingerprint density at radius 3 is 2.10 bits per heavy atom. The number of piperazine rings is 1. The Balaban J connectivity index is 2.36. The molecular weight excluding hydrogens is 268 g/mol. The summed E-state index contributed by atoms with van der Waals surface area (Å²) < 4.78 is 12.4. The molecule has 0 aliphatic carbocycles. The molecule has 1 saturated heterocycles. The number of hydrogen-bond donors (Lipinski definition) is 1. The van der Waals surface area contributed by atoms with Gasteiger partial charge in [-0.05, 0) is 37.9 Å². The van der Waals surface area contributed by atoms with Gasteiger partial charge in [0, 0.05) is 39.4 Å². The van der Waals surface area contributed by atoms with Gasteiger partial charge in [0.2, 0.25) is 0 Å². The quantitative estimate of drug-likeness (QED) is 0.595. The van der Waals surface area contributed by atoms with Crippen LogP contribution in [-0.4, -0.2) is 59.4 Å². The van der Waals surface area contributed by atoms with Crippen molar-refractivity contribution in [1.82, 2.24) is 10.2 Å². The predicted molar refractivity (Wildman–Crippen MR) is 87.5 cm³/mol. The first-order chi connectivity index (χ1) is 9.76. The minimum Gasteiger partial charge on any atom is -0.394 e. The first kappa shape index (κ1) is 18.1. The molecule has 120 valence electrons. The van der Waals surface area contributed by atoms with Gasteiger partial charge in [0.05, 0.1) is 0 Å². The van der Waals surface area contributed by atoms with Crippen LogP contribution in [0.1, 0.15) is 40.0 Å². The van der Waals surface area contributed by atoms with Crippen molar-refractivity contribution in [1.29, 1.82) is 0 Å². The summed E-state index contributed by atoms with van der Waals surface area (Å²) >= 11 is 0. The smallest absolute Gasteiger partial charge is 0.337 e. The van der Waals surface area contributed by atoms with Crippen LogP contribution in [0.5, 0.6) is 0 Å². The number of hydrogen-bond acceptors (Lipinski definition) is 4. The third-order valence-electron chi connectivity index (χ3n) is 3.92. The third-order valence-corrected chi connectivity index (χ3v) is 7.57. The summed E-state index contributed by atoms with van der Waals surface area (Å²) in [4.78, 5) is 2.56. The van der Waals surface area contributed by atoms with Gasteiger partial charge in [-0.2, -0.15) is 0 Å². The van der Waals surface area contributed by atoms with Gasteiger partial charge in [0.25, 0.3) is 0 Å². The summed E-state index contributed by atoms with van der Waals surface area (Å²) in [7, 11) is -1.94. The van der Waals surface area contributed by atoms with Crippen molar-refractivity contribution in [2.75, 3.05) is 45.9 Å². The van der Waals surface area contributed by atoms with Crippen LogP contribution >= 0.6 is 0 Å². The highest BCUT2D eigenvalue weighted by molar-refractivity contribution is 6.67. The Hall–Kier alpha value is 0.0569. The molecule has 5 heteroatoms. The summed E-state index contributed by atoms with van der Waals surface area (Å²) in [6.07, 6.45) is 3.39. The lowest BCUT2D eigenvalue weighted by atomic mass is 10.3. The standard InChI is InChI=1S/C15H34N2O2Si/c1-4-13-18-20(6-3,19-14-5-2)15-7-10-17-11-8-16-9-12-17/h16H,4-15H2,1-3H3. The highest BCUT2D eigenvalue weighted by Crippen LogP contribution is 2.22. The second-order valence-corrected chi connectivity index (χ2v) is 9.26. The van der Waals surface area contributed by atoms with E-state index in [0.717, 1.165) is 51.2 Å². The van der Waals surface area contributed by atoms with Crippen molar-refractivity contribution in [2.24, 2.45) is 0 Å². The van der Waals surface area contributed by atoms with Crippen LogP contribution in [0.3, 0.4) is 0 Å². The van der Waals surface area contributed by atoms with E-state index >= 15 is 0 Å². The Kier molecular flexibility index (Phi) is 9.72. The van der Waals surface area contributed by atoms with Crippen LogP contribution in [0.2, 0.25) is 12.1 Å². The first-order valence-electron chi connectivity index (χ1n) is 8.47. The molecule has 0 atom stereocenters. The maximum Gasteiger partial charge on any atom is 0.337 e. The molecule has 1 aliphatic heterocycles. The monoisotopic (exact) mass is 302 g/mol. The van der Waals surface area contributed by atoms with Gasteiger partial charge in [-0.1, -0.05) is 20.8 Å². The van der Waals surface area contributed by atoms with E-state index in [9.17, 15) is 0 Å². The molecule has 4 nitrogen and oxygen atoms in total. The van der Waals surface area contributed by atoms with Crippen LogP contribution < -0.4 is 5.32 Å². The van der Waals surface area contributed by atoms with Crippen molar-refractivity contribution >= 4 is 8.56 Å². The zero-order valence-corrected chi connectivity index (χ0v) is 14.7. The number of rotatable bonds is 11. The minimum absolute atomic E-state index is 0.859. The zero-order chi connectivity index (χ0) is 14.7. The van der Waals surface area contributed by atoms with E-state index in [1.54, 1.807) is 0 Å². The molecule has 0 saturated carbocycles. The fourth-order valence-electron chi connectivity index (χ4n) is 2.65. The van der Waals surface area contributed by atoms with Gasteiger partial charge in [0.1, 0.15) is 0 Å². The molecule has 1 aliphatic rings. The van der Waals surface area contributed by atoms with E-state index in [2.05, 4.69) is 31.0 Å². The predicted octanol–water partition coefficient (Wildman–Crippen LogP) is 2.60. The Morgan fingerprint density at radius 2 is 1.60 bits per heavy atom. The molecule has 0 aromatic carbocycles. The average molecular weight is 303 g/mol. The summed E-state index contributed by atoms with van der Waals surface area (Å²) in [5, 5.41) is 3.41. The molecule has 0 aromatic rings. The molecule has 0 radical (unpaired) electrons. The summed E-state index contributed by atoms with van der Waals surface area (Å²) in [5.74, 6) is 0. The average Bonchev–Trinajstić information content (AvgIpc) is 2.51. The van der Waals surface area contributed by atoms with E-state index in [1.807, 2.05) is 0 Å². The molecule has 0 spiro atoms. The van der Waals surface area contributed by atoms with Crippen LogP contribution in [0.15, 0.2) is 0 Å². The van der Waals surface area contributed by atoms with E-state index in [4.69, 9.17) is 8.85 Å². The van der Waals surface area contributed by atoms with Crippen molar-refractivity contribution in [2.45, 2.75) is 52.1 Å². The molecule has 0 unspecified atom stereocenters. The lowest BCUT2D eigenvalue weighted by Gasteiger charge is -2.32. The Morgan fingerprint density at radius 1 is 1.00 bits per heavy atom. The van der Waals surface area contributed by atoms with E-state index < -0.39 is 8.56 Å². The van der Waals surface area contributed by atoms with E-state index in [-0.39, 0.29) is 0 Å². The summed E-state index contributed by atoms with van der Waals surface area (Å²) in [6, 6.07) is 2.22. The van der Waals surface area contributed by atoms with Crippen LogP contribution in [0, 0.1) is 0 Å². The van der Waals surface area contributed by atoms with Gasteiger partial charge >= 0.3 is 8.56 Å². The summed E-state index contributed by atoms with van der Waals surface area (Å²) in [6.45, 7) is 14.1. The topological polar surface area (TPSA) is 33.7 Å². The molecule has 1 fully saturated rings. The van der Waals surface area contributed by atoms with Gasteiger partial charge in [-0.15, -0.1) is 0 Å². The molecule has 1 heterocycles. The van der Waals surface area contributed by atoms with Gasteiger partial charge in [0.15, 0.2) is 0 Å². The first-order valence-corrected chi connectivity index (χ1v) is 10.7. The molecule has 20 heavy (non-hydrogen) atoms. The second kappa shape index (κ2) is 10.7. The van der Waals surface area contributed by atoms with Crippen LogP contribution in [0.4, 0.5) is 0 Å². The van der Waals surface area contributed by atoms with Gasteiger partial charge in [-0.3, -0.25) is 0 Å². The maximum atomic E-state index is 6.21. The molecule has 1 N–H and O–H groups in total. The number of nitrogens with zero attached hydrogens (tertiary/aromatic N) is 1. The fourth-order valence-corrected chi connectivity index (χ4v) is 5.63. The van der Waals surface area contributed by atoms with Gasteiger partial charge in [-0.25, -0.2) is 0 Å². The molecule has 0 bridgehead atoms. The molecule has 1 rings (SSSR count). The Bertz CT molecular complexity index is 228. The SMILES string of the molecule is CCCO[Si](CC)(CCCN1CCNCC1)OCCC. The second-order valence-electron chi connectivity index (χ2n) is 5.66. The molecule has 0 aromatic heterocycles. The largest absolute Gasteiger partial charge is 0.394 e. The zero-order valence-electron chi connectivity index (χ0n) is 13.7. The molecule has 0 amide bonds. The third kappa shape index (κ3) is 6.67. The van der Waals surface area contributed by atoms with Crippen molar-refractivity contribution in [3.63, 3.8) is 0 Å². The van der Waals surface area contributed by atoms with Crippen LogP contribution in [0.25, 0.3) is 0 Å². The normalized spacial score (nSPS) is 17.6. The highest BCUT2D eigenvalue weighted by Gasteiger charge is 2.34. The number of nitrogens with one attached hydrogen (secondary N) is 1. The lowest BCUT2D eigenvalue weighted by molar-refractivity contribution is 0.164. The Labute approximate surface area is 126 Å². The van der Waals surface area contributed by atoms with Crippen molar-refractivity contribution in [3.8, 4) is 0 Å². The fraction of sp³-hybridized carbons (Fsp3) is 1.00. The highest BCUT2D eigenvalue weighted by atomic mass is 28.4. The van der Waals surface area contributed by atoms with Crippen molar-refractivity contribution < 1.29 is 8.85 Å². The lowest BCUT2D eigenvalue weighted by Crippen LogP contribution is -2.45. The van der Waals surface area contributed by atoms with E-state index in [1.165, 1.54) is 26.1 Å². The van der Waals surface area contributed by atoms with Gasteiger partial charge < -0.3 is 19.1 Å². The molecular formula is C15H34N2O2Si. The minimum atomic E-state index is -1.94. The maximum absolute atomic E-state index is 6.21. The van der Waals surface area contributed by atoms with Crippen molar-refractivity contribution in [3.05, 3.63) is 0 Å².